The summed E-state index contributed by atoms with van der Waals surface area (Å²) in [6, 6.07) is 0.133. The van der Waals surface area contributed by atoms with Gasteiger partial charge in [0, 0.05) is 12.8 Å². The van der Waals surface area contributed by atoms with Crippen molar-refractivity contribution in [1.29, 1.82) is 0 Å². The Kier molecular flexibility index (Phi) is 3.63. The van der Waals surface area contributed by atoms with Crippen molar-refractivity contribution in [3.05, 3.63) is 11.8 Å². The van der Waals surface area contributed by atoms with Gasteiger partial charge in [0.2, 0.25) is 0 Å². The van der Waals surface area contributed by atoms with Crippen molar-refractivity contribution in [2.75, 3.05) is 0 Å². The van der Waals surface area contributed by atoms with Crippen LogP contribution in [0.4, 0.5) is 0 Å². The Morgan fingerprint density at radius 3 is 3.18 bits per heavy atom. The average Bonchev–Trinajstić information content (AvgIpc) is 2.63. The largest absolute Gasteiger partial charge is 0.477 e. The van der Waals surface area contributed by atoms with Gasteiger partial charge in [-0.3, -0.25) is 15.3 Å². The molecule has 6 nitrogen and oxygen atoms in total. The molecule has 4 N–H and O–H groups in total. The summed E-state index contributed by atoms with van der Waals surface area (Å²) in [5, 5.41) is 8.77. The highest BCUT2D eigenvalue weighted by Gasteiger charge is 2.24. The van der Waals surface area contributed by atoms with Crippen molar-refractivity contribution in [2.45, 2.75) is 44.2 Å². The zero-order valence-electron chi connectivity index (χ0n) is 9.56. The maximum Gasteiger partial charge on any atom is 0.354 e. The van der Waals surface area contributed by atoms with Crippen molar-refractivity contribution in [3.63, 3.8) is 0 Å². The number of carboxylic acid groups (broad SMARTS) is 1. The molecule has 94 valence electrons. The van der Waals surface area contributed by atoms with Gasteiger partial charge in [-0.1, -0.05) is 6.42 Å². The lowest BCUT2D eigenvalue weighted by Crippen LogP contribution is -2.21. The number of amidine groups is 1. The van der Waals surface area contributed by atoms with E-state index in [0.717, 1.165) is 25.7 Å². The summed E-state index contributed by atoms with van der Waals surface area (Å²) >= 11 is 0. The number of rotatable bonds is 3. The first-order valence-corrected chi connectivity index (χ1v) is 5.84. The molecule has 0 aliphatic carbocycles. The summed E-state index contributed by atoms with van der Waals surface area (Å²) in [6.45, 7) is 0. The van der Waals surface area contributed by atoms with Crippen molar-refractivity contribution in [2.24, 2.45) is 10.7 Å². The van der Waals surface area contributed by atoms with Crippen LogP contribution in [0.1, 0.15) is 32.1 Å². The summed E-state index contributed by atoms with van der Waals surface area (Å²) in [7, 11) is 0. The molecular formula is C11H17N3O3. The van der Waals surface area contributed by atoms with Gasteiger partial charge >= 0.3 is 5.97 Å². The maximum absolute atomic E-state index is 10.7. The summed E-state index contributed by atoms with van der Waals surface area (Å²) in [5.74, 6) is -0.308. The van der Waals surface area contributed by atoms with E-state index in [1.807, 2.05) is 0 Å². The van der Waals surface area contributed by atoms with Gasteiger partial charge in [-0.2, -0.15) is 0 Å². The molecule has 0 aromatic carbocycles. The number of hydroxylamine groups is 1. The van der Waals surface area contributed by atoms with Gasteiger partial charge in [-0.05, 0) is 18.9 Å². The Bertz CT molecular complexity index is 365. The zero-order valence-corrected chi connectivity index (χ0v) is 9.56. The molecule has 0 radical (unpaired) electrons. The molecule has 2 aliphatic heterocycles. The first kappa shape index (κ1) is 11.9. The highest BCUT2D eigenvalue weighted by molar-refractivity contribution is 5.86. The third-order valence-corrected chi connectivity index (χ3v) is 2.98. The molecule has 0 spiro atoms. The fourth-order valence-corrected chi connectivity index (χ4v) is 2.11. The fraction of sp³-hybridized carbons (Fsp3) is 0.636. The first-order valence-electron chi connectivity index (χ1n) is 5.84. The summed E-state index contributed by atoms with van der Waals surface area (Å²) in [5.41, 5.74) is 8.26. The molecule has 2 rings (SSSR count). The van der Waals surface area contributed by atoms with Crippen LogP contribution in [0.2, 0.25) is 0 Å². The molecule has 17 heavy (non-hydrogen) atoms. The predicted molar refractivity (Wildman–Crippen MR) is 62.2 cm³/mol. The van der Waals surface area contributed by atoms with Crippen LogP contribution >= 0.6 is 0 Å². The third kappa shape index (κ3) is 3.20. The van der Waals surface area contributed by atoms with E-state index in [1.54, 1.807) is 6.08 Å². The second-order valence-corrected chi connectivity index (χ2v) is 4.40. The smallest absolute Gasteiger partial charge is 0.354 e. The topological polar surface area (TPSA) is 96.9 Å². The van der Waals surface area contributed by atoms with Crippen molar-refractivity contribution in [3.8, 4) is 0 Å². The van der Waals surface area contributed by atoms with E-state index in [2.05, 4.69) is 10.5 Å². The van der Waals surface area contributed by atoms with E-state index in [-0.39, 0.29) is 17.8 Å². The number of nitrogens with zero attached hydrogens (tertiary/aromatic N) is 1. The second kappa shape index (κ2) is 5.18. The van der Waals surface area contributed by atoms with E-state index >= 15 is 0 Å². The molecule has 0 bridgehead atoms. The predicted octanol–water partition coefficient (Wildman–Crippen LogP) is 0.548. The monoisotopic (exact) mass is 239 g/mol. The first-order chi connectivity index (χ1) is 8.15. The number of carboxylic acids is 1. The number of carbonyl (C=O) groups is 1. The van der Waals surface area contributed by atoms with Gasteiger partial charge in [0.25, 0.3) is 0 Å². The summed E-state index contributed by atoms with van der Waals surface area (Å²) in [6.07, 6.45) is 6.04. The standard InChI is InChI=1S/C11H17N3O3/c12-10-4-2-1-3-7(13-10)5-8-6-9(11(15)16)14-17-8/h6-8,14H,1-5H2,(H2,12,13)(H,15,16). The van der Waals surface area contributed by atoms with Gasteiger partial charge < -0.3 is 10.8 Å². The van der Waals surface area contributed by atoms with Crippen LogP contribution in [0.25, 0.3) is 0 Å². The van der Waals surface area contributed by atoms with E-state index in [0.29, 0.717) is 12.3 Å². The Balaban J connectivity index is 1.93. The van der Waals surface area contributed by atoms with Crippen LogP contribution in [0.5, 0.6) is 0 Å². The lowest BCUT2D eigenvalue weighted by molar-refractivity contribution is -0.134. The van der Waals surface area contributed by atoms with Crippen molar-refractivity contribution < 1.29 is 14.7 Å². The summed E-state index contributed by atoms with van der Waals surface area (Å²) in [4.78, 5) is 20.3. The Morgan fingerprint density at radius 1 is 1.65 bits per heavy atom. The highest BCUT2D eigenvalue weighted by Crippen LogP contribution is 2.20. The molecule has 0 amide bonds. The second-order valence-electron chi connectivity index (χ2n) is 4.40. The van der Waals surface area contributed by atoms with E-state index in [9.17, 15) is 4.79 Å². The number of aliphatic carboxylic acids is 1. The Labute approximate surface area is 99.5 Å². The summed E-state index contributed by atoms with van der Waals surface area (Å²) < 4.78 is 0. The minimum Gasteiger partial charge on any atom is -0.477 e. The number of hydrogen-bond donors (Lipinski definition) is 3. The molecule has 0 saturated heterocycles. The SMILES string of the molecule is NC1=NC(CC2C=C(C(=O)O)NO2)CCCC1. The van der Waals surface area contributed by atoms with Gasteiger partial charge in [-0.25, -0.2) is 4.79 Å². The molecular weight excluding hydrogens is 222 g/mol. The molecule has 0 aromatic rings. The highest BCUT2D eigenvalue weighted by atomic mass is 16.7. The van der Waals surface area contributed by atoms with Crippen LogP contribution in [0.15, 0.2) is 16.8 Å². The number of nitrogens with one attached hydrogen (secondary N) is 1. The average molecular weight is 239 g/mol. The van der Waals surface area contributed by atoms with Crippen LogP contribution < -0.4 is 11.2 Å². The Morgan fingerprint density at radius 2 is 2.47 bits per heavy atom. The molecule has 2 aliphatic rings. The number of hydrogen-bond acceptors (Lipinski definition) is 5. The minimum absolute atomic E-state index is 0.0978. The maximum atomic E-state index is 10.7. The number of aliphatic imine (C=N–C) groups is 1. The molecule has 0 aromatic heterocycles. The number of nitrogens with two attached hydrogens (primary N) is 1. The molecule has 0 saturated carbocycles. The van der Waals surface area contributed by atoms with E-state index < -0.39 is 5.97 Å². The van der Waals surface area contributed by atoms with Gasteiger partial charge in [0.1, 0.15) is 11.8 Å². The quantitative estimate of drug-likeness (QED) is 0.668. The van der Waals surface area contributed by atoms with Crippen molar-refractivity contribution >= 4 is 11.8 Å². The van der Waals surface area contributed by atoms with Crippen molar-refractivity contribution in [1.82, 2.24) is 5.48 Å². The third-order valence-electron chi connectivity index (χ3n) is 2.98. The van der Waals surface area contributed by atoms with Gasteiger partial charge in [0.05, 0.1) is 11.9 Å². The normalized spacial score (nSPS) is 28.9. The van der Waals surface area contributed by atoms with Gasteiger partial charge in [0.15, 0.2) is 0 Å². The minimum atomic E-state index is -1.00. The van der Waals surface area contributed by atoms with E-state index in [4.69, 9.17) is 15.7 Å². The lowest BCUT2D eigenvalue weighted by Gasteiger charge is -2.13. The lowest BCUT2D eigenvalue weighted by atomic mass is 10.0. The Hall–Kier alpha value is -1.56. The van der Waals surface area contributed by atoms with Crippen LogP contribution in [0.3, 0.4) is 0 Å². The molecule has 0 fully saturated rings. The van der Waals surface area contributed by atoms with Crippen LogP contribution in [0, 0.1) is 0 Å². The fourth-order valence-electron chi connectivity index (χ4n) is 2.11. The molecule has 2 unspecified atom stereocenters. The molecule has 2 heterocycles. The van der Waals surface area contributed by atoms with Crippen LogP contribution in [-0.4, -0.2) is 29.1 Å². The molecule has 6 heteroatoms. The zero-order chi connectivity index (χ0) is 12.3. The van der Waals surface area contributed by atoms with Gasteiger partial charge in [-0.15, -0.1) is 0 Å². The van der Waals surface area contributed by atoms with Crippen LogP contribution in [-0.2, 0) is 9.63 Å². The van der Waals surface area contributed by atoms with E-state index in [1.165, 1.54) is 0 Å². The molecule has 2 atom stereocenters.